The van der Waals surface area contributed by atoms with Crippen LogP contribution in [0.5, 0.6) is 5.75 Å². The number of ether oxygens (including phenoxy) is 1. The van der Waals surface area contributed by atoms with Crippen molar-refractivity contribution in [3.63, 3.8) is 0 Å². The van der Waals surface area contributed by atoms with Crippen LogP contribution in [0.15, 0.2) is 76.3 Å². The third-order valence-corrected chi connectivity index (χ3v) is 6.96. The summed E-state index contributed by atoms with van der Waals surface area (Å²) in [6, 6.07) is 13.8. The molecule has 9 heteroatoms. The first-order valence-corrected chi connectivity index (χ1v) is 12.6. The first-order valence-electron chi connectivity index (χ1n) is 11.6. The molecule has 4 aromatic rings. The summed E-state index contributed by atoms with van der Waals surface area (Å²) in [6.45, 7) is 0.203. The number of aromatic nitrogens is 1. The number of carbonyl (C=O) groups excluding carboxylic acids is 2. The molecule has 1 amide bonds. The SMILES string of the molecule is O=C1Cc2ccc(OC[C@H](CC(=O)c3cccn(Cc4ccc(F)c(F)c4)c3=O)c3ccsc3)cc2N1. The first kappa shape index (κ1) is 24.6. The normalized spacial score (nSPS) is 13.2. The van der Waals surface area contributed by atoms with E-state index in [9.17, 15) is 23.2 Å². The van der Waals surface area contributed by atoms with Crippen molar-refractivity contribution in [2.45, 2.75) is 25.3 Å². The van der Waals surface area contributed by atoms with Crippen LogP contribution in [-0.4, -0.2) is 22.9 Å². The van der Waals surface area contributed by atoms with Gasteiger partial charge in [0, 0.05) is 30.3 Å². The first-order chi connectivity index (χ1) is 17.9. The maximum atomic E-state index is 13.6. The number of anilines is 1. The second kappa shape index (κ2) is 10.5. The molecule has 0 aliphatic carbocycles. The average molecular weight is 521 g/mol. The molecule has 0 saturated carbocycles. The van der Waals surface area contributed by atoms with E-state index in [1.165, 1.54) is 34.2 Å². The maximum Gasteiger partial charge on any atom is 0.261 e. The Morgan fingerprint density at radius 3 is 2.73 bits per heavy atom. The molecule has 3 heterocycles. The van der Waals surface area contributed by atoms with Crippen molar-refractivity contribution in [3.8, 4) is 5.75 Å². The van der Waals surface area contributed by atoms with Crippen LogP contribution in [0.1, 0.15) is 39.4 Å². The van der Waals surface area contributed by atoms with Gasteiger partial charge in [0.05, 0.1) is 25.1 Å². The number of ketones is 1. The van der Waals surface area contributed by atoms with Gasteiger partial charge in [0.2, 0.25) is 5.91 Å². The van der Waals surface area contributed by atoms with Crippen LogP contribution in [0.3, 0.4) is 0 Å². The Morgan fingerprint density at radius 2 is 1.95 bits per heavy atom. The predicted octanol–water partition coefficient (Wildman–Crippen LogP) is 5.17. The molecule has 0 saturated heterocycles. The van der Waals surface area contributed by atoms with Gasteiger partial charge >= 0.3 is 0 Å². The molecule has 2 aromatic heterocycles. The number of carbonyl (C=O) groups is 2. The van der Waals surface area contributed by atoms with Crippen LogP contribution in [0.2, 0.25) is 0 Å². The highest BCUT2D eigenvalue weighted by Crippen LogP contribution is 2.30. The van der Waals surface area contributed by atoms with Gasteiger partial charge in [0.15, 0.2) is 17.4 Å². The summed E-state index contributed by atoms with van der Waals surface area (Å²) < 4.78 is 34.2. The monoisotopic (exact) mass is 520 g/mol. The number of fused-ring (bicyclic) bond motifs is 1. The third kappa shape index (κ3) is 5.51. The molecule has 188 valence electrons. The van der Waals surface area contributed by atoms with E-state index in [1.807, 2.05) is 22.9 Å². The van der Waals surface area contributed by atoms with Gasteiger partial charge in [0.1, 0.15) is 5.75 Å². The number of halogens is 2. The number of nitrogens with one attached hydrogen (secondary N) is 1. The molecule has 2 aromatic carbocycles. The van der Waals surface area contributed by atoms with Gasteiger partial charge in [-0.2, -0.15) is 11.3 Å². The number of hydrogen-bond donors (Lipinski definition) is 1. The highest BCUT2D eigenvalue weighted by molar-refractivity contribution is 7.08. The van der Waals surface area contributed by atoms with Crippen molar-refractivity contribution in [1.29, 1.82) is 0 Å². The molecule has 0 radical (unpaired) electrons. The van der Waals surface area contributed by atoms with E-state index < -0.39 is 17.2 Å². The average Bonchev–Trinajstić information content (AvgIpc) is 3.54. The second-order valence-electron chi connectivity index (χ2n) is 8.84. The van der Waals surface area contributed by atoms with Crippen molar-refractivity contribution in [3.05, 3.63) is 116 Å². The number of pyridine rings is 1. The molecule has 0 unspecified atom stereocenters. The van der Waals surface area contributed by atoms with E-state index in [0.717, 1.165) is 28.9 Å². The summed E-state index contributed by atoms with van der Waals surface area (Å²) >= 11 is 1.50. The number of nitrogens with zero attached hydrogens (tertiary/aromatic N) is 1. The molecule has 5 rings (SSSR count). The Morgan fingerprint density at radius 1 is 1.08 bits per heavy atom. The molecule has 1 N–H and O–H groups in total. The Balaban J connectivity index is 1.32. The molecule has 1 aliphatic heterocycles. The Bertz CT molecular complexity index is 1530. The largest absolute Gasteiger partial charge is 0.493 e. The quantitative estimate of drug-likeness (QED) is 0.309. The summed E-state index contributed by atoms with van der Waals surface area (Å²) in [5.41, 5.74) is 2.47. The number of thiophene rings is 1. The minimum Gasteiger partial charge on any atom is -0.493 e. The Hall–Kier alpha value is -4.11. The standard InChI is InChI=1S/C28H22F2N2O4S/c29-23-6-3-17(10-24(23)30)14-32-8-1-2-22(28(32)35)26(33)11-20(19-7-9-37-16-19)15-36-21-5-4-18-12-27(34)31-25(18)13-21/h1-10,13,16,20H,11-12,14-15H2,(H,31,34)/t20-/m0/s1. The fourth-order valence-electron chi connectivity index (χ4n) is 4.30. The molecule has 0 bridgehead atoms. The van der Waals surface area contributed by atoms with Gasteiger partial charge in [-0.05, 0) is 63.8 Å². The minimum absolute atomic E-state index is 0.00307. The zero-order chi connectivity index (χ0) is 25.9. The van der Waals surface area contributed by atoms with Gasteiger partial charge in [-0.25, -0.2) is 8.78 Å². The minimum atomic E-state index is -0.998. The van der Waals surface area contributed by atoms with Gasteiger partial charge in [-0.15, -0.1) is 0 Å². The van der Waals surface area contributed by atoms with Crippen LogP contribution in [0.25, 0.3) is 0 Å². The molecule has 37 heavy (non-hydrogen) atoms. The van der Waals surface area contributed by atoms with Crippen LogP contribution in [0, 0.1) is 11.6 Å². The lowest BCUT2D eigenvalue weighted by Gasteiger charge is -2.17. The maximum absolute atomic E-state index is 13.6. The molecule has 1 aliphatic rings. The highest BCUT2D eigenvalue weighted by Gasteiger charge is 2.22. The fourth-order valence-corrected chi connectivity index (χ4v) is 5.04. The van der Waals surface area contributed by atoms with Crippen LogP contribution in [0.4, 0.5) is 14.5 Å². The highest BCUT2D eigenvalue weighted by atomic mass is 32.1. The molecule has 0 spiro atoms. The topological polar surface area (TPSA) is 77.4 Å². The van der Waals surface area contributed by atoms with Gasteiger partial charge < -0.3 is 14.6 Å². The van der Waals surface area contributed by atoms with Gasteiger partial charge in [-0.3, -0.25) is 14.4 Å². The number of rotatable bonds is 9. The third-order valence-electron chi connectivity index (χ3n) is 6.26. The van der Waals surface area contributed by atoms with E-state index in [2.05, 4.69) is 5.32 Å². The van der Waals surface area contributed by atoms with Gasteiger partial charge in [0.25, 0.3) is 5.56 Å². The summed E-state index contributed by atoms with van der Waals surface area (Å²) in [6.07, 6.45) is 1.89. The smallest absolute Gasteiger partial charge is 0.261 e. The zero-order valence-corrected chi connectivity index (χ0v) is 20.4. The van der Waals surface area contributed by atoms with E-state index in [0.29, 0.717) is 17.7 Å². The van der Waals surface area contributed by atoms with Crippen LogP contribution < -0.4 is 15.6 Å². The van der Waals surface area contributed by atoms with Crippen LogP contribution >= 0.6 is 11.3 Å². The van der Waals surface area contributed by atoms with E-state index in [4.69, 9.17) is 4.74 Å². The lowest BCUT2D eigenvalue weighted by atomic mass is 9.94. The Kier molecular flexibility index (Phi) is 6.96. The van der Waals surface area contributed by atoms with E-state index in [-0.39, 0.29) is 42.7 Å². The number of Topliss-reactive ketones (excluding diaryl/α,β-unsaturated/α-hetero) is 1. The lowest BCUT2D eigenvalue weighted by molar-refractivity contribution is -0.115. The molecule has 1 atom stereocenters. The predicted molar refractivity (Wildman–Crippen MR) is 136 cm³/mol. The van der Waals surface area contributed by atoms with Crippen molar-refractivity contribution in [2.75, 3.05) is 11.9 Å². The molecular weight excluding hydrogens is 498 g/mol. The number of amides is 1. The summed E-state index contributed by atoms with van der Waals surface area (Å²) in [5.74, 6) is -2.10. The lowest BCUT2D eigenvalue weighted by Crippen LogP contribution is -2.27. The molecule has 6 nitrogen and oxygen atoms in total. The summed E-state index contributed by atoms with van der Waals surface area (Å²) in [5, 5.41) is 6.65. The second-order valence-corrected chi connectivity index (χ2v) is 9.62. The zero-order valence-electron chi connectivity index (χ0n) is 19.6. The molecular formula is C28H22F2N2O4S. The number of hydrogen-bond acceptors (Lipinski definition) is 5. The van der Waals surface area contributed by atoms with Crippen molar-refractivity contribution >= 4 is 28.7 Å². The fraction of sp³-hybridized carbons (Fsp3) is 0.179. The Labute approximate surface area is 215 Å². The summed E-state index contributed by atoms with van der Waals surface area (Å²) in [7, 11) is 0. The van der Waals surface area contributed by atoms with Crippen molar-refractivity contribution in [1.82, 2.24) is 4.57 Å². The number of benzene rings is 2. The summed E-state index contributed by atoms with van der Waals surface area (Å²) in [4.78, 5) is 37.9. The van der Waals surface area contributed by atoms with E-state index >= 15 is 0 Å². The van der Waals surface area contributed by atoms with Crippen molar-refractivity contribution in [2.24, 2.45) is 0 Å². The molecule has 0 fully saturated rings. The van der Waals surface area contributed by atoms with Crippen LogP contribution in [-0.2, 0) is 17.8 Å². The van der Waals surface area contributed by atoms with Gasteiger partial charge in [-0.1, -0.05) is 12.1 Å². The van der Waals surface area contributed by atoms with E-state index in [1.54, 1.807) is 18.2 Å². The van der Waals surface area contributed by atoms with Crippen molar-refractivity contribution < 1.29 is 23.1 Å².